The molecule has 0 fully saturated rings. The molecule has 0 radical (unpaired) electrons. The lowest BCUT2D eigenvalue weighted by atomic mass is 10.1. The van der Waals surface area contributed by atoms with Crippen LogP contribution in [0.1, 0.15) is 11.1 Å². The maximum absolute atomic E-state index is 4.86. The molecule has 0 aliphatic rings. The van der Waals surface area contributed by atoms with Gasteiger partial charge < -0.3 is 5.32 Å². The van der Waals surface area contributed by atoms with Crippen molar-refractivity contribution in [3.05, 3.63) is 88.4 Å². The molecule has 0 aliphatic heterocycles. The molecule has 1 heterocycles. The Morgan fingerprint density at radius 2 is 1.46 bits per heavy atom. The van der Waals surface area contributed by atoms with E-state index in [2.05, 4.69) is 83.6 Å². The molecular weight excluding hydrogens is 384 g/mol. The molecule has 4 aromatic rings. The van der Waals surface area contributed by atoms with Crippen LogP contribution in [0.3, 0.4) is 0 Å². The second-order valence-corrected chi connectivity index (χ2v) is 7.39. The van der Waals surface area contributed by atoms with Crippen LogP contribution in [0.5, 0.6) is 0 Å². The summed E-state index contributed by atoms with van der Waals surface area (Å²) in [7, 11) is 0. The highest BCUT2D eigenvalue weighted by Crippen LogP contribution is 2.33. The van der Waals surface area contributed by atoms with Gasteiger partial charge >= 0.3 is 0 Å². The maximum atomic E-state index is 4.86. The molecule has 0 spiro atoms. The largest absolute Gasteiger partial charge is 0.354 e. The first-order chi connectivity index (χ1) is 12.6. The highest BCUT2D eigenvalue weighted by molar-refractivity contribution is 9.10. The summed E-state index contributed by atoms with van der Waals surface area (Å²) in [4.78, 5) is 4.86. The lowest BCUT2D eigenvalue weighted by molar-refractivity contribution is 1.34. The normalized spacial score (nSPS) is 10.9. The van der Waals surface area contributed by atoms with E-state index in [1.54, 1.807) is 0 Å². The van der Waals surface area contributed by atoms with Gasteiger partial charge in [-0.1, -0.05) is 64.5 Å². The van der Waals surface area contributed by atoms with Crippen molar-refractivity contribution in [1.29, 1.82) is 0 Å². The fourth-order valence-electron chi connectivity index (χ4n) is 3.28. The number of hydrogen-bond donors (Lipinski definition) is 1. The Kier molecular flexibility index (Phi) is 4.48. The second kappa shape index (κ2) is 6.93. The Hall–Kier alpha value is -2.65. The first-order valence-corrected chi connectivity index (χ1v) is 9.40. The van der Waals surface area contributed by atoms with Crippen molar-refractivity contribution in [3.8, 4) is 11.3 Å². The van der Waals surface area contributed by atoms with Gasteiger partial charge in [0.05, 0.1) is 16.9 Å². The SMILES string of the molecule is Cc1cc(Br)cc(C)c1Nc1cc(-c2ccccc2)nc2ccccc12. The Balaban J connectivity index is 1.89. The van der Waals surface area contributed by atoms with E-state index < -0.39 is 0 Å². The molecular formula is C23H19BrN2. The number of para-hydroxylation sites is 1. The Morgan fingerprint density at radius 3 is 2.19 bits per heavy atom. The van der Waals surface area contributed by atoms with Gasteiger partial charge in [0.15, 0.2) is 0 Å². The lowest BCUT2D eigenvalue weighted by Gasteiger charge is -2.16. The van der Waals surface area contributed by atoms with Gasteiger partial charge in [0, 0.05) is 21.1 Å². The number of pyridine rings is 1. The van der Waals surface area contributed by atoms with Gasteiger partial charge in [-0.3, -0.25) is 0 Å². The van der Waals surface area contributed by atoms with Crippen LogP contribution in [0.15, 0.2) is 77.3 Å². The molecule has 2 nitrogen and oxygen atoms in total. The predicted octanol–water partition coefficient (Wildman–Crippen LogP) is 7.02. The first kappa shape index (κ1) is 16.8. The number of aromatic nitrogens is 1. The topological polar surface area (TPSA) is 24.9 Å². The predicted molar refractivity (Wildman–Crippen MR) is 114 cm³/mol. The average Bonchev–Trinajstić information content (AvgIpc) is 2.65. The number of rotatable bonds is 3. The summed E-state index contributed by atoms with van der Waals surface area (Å²) in [5, 5.41) is 4.78. The third-order valence-electron chi connectivity index (χ3n) is 4.54. The number of anilines is 2. The van der Waals surface area contributed by atoms with Crippen LogP contribution in [0.2, 0.25) is 0 Å². The van der Waals surface area contributed by atoms with Crippen molar-refractivity contribution in [1.82, 2.24) is 4.98 Å². The molecule has 0 saturated heterocycles. The van der Waals surface area contributed by atoms with E-state index in [-0.39, 0.29) is 0 Å². The van der Waals surface area contributed by atoms with E-state index in [4.69, 9.17) is 4.98 Å². The summed E-state index contributed by atoms with van der Waals surface area (Å²) >= 11 is 3.58. The quantitative estimate of drug-likeness (QED) is 0.397. The van der Waals surface area contributed by atoms with Crippen molar-refractivity contribution in [2.24, 2.45) is 0 Å². The standard InChI is InChI=1S/C23H19BrN2/c1-15-12-18(24)13-16(2)23(15)26-22-14-21(17-8-4-3-5-9-17)25-20-11-7-6-10-19(20)22/h3-14H,1-2H3,(H,25,26). The molecule has 0 saturated carbocycles. The van der Waals surface area contributed by atoms with Crippen LogP contribution in [0.25, 0.3) is 22.2 Å². The van der Waals surface area contributed by atoms with Gasteiger partial charge in [-0.15, -0.1) is 0 Å². The van der Waals surface area contributed by atoms with Crippen LogP contribution < -0.4 is 5.32 Å². The summed E-state index contributed by atoms with van der Waals surface area (Å²) in [6, 6.07) is 25.0. The number of nitrogens with zero attached hydrogens (tertiary/aromatic N) is 1. The zero-order valence-electron chi connectivity index (χ0n) is 14.8. The number of halogens is 1. The average molecular weight is 403 g/mol. The van der Waals surface area contributed by atoms with Crippen molar-refractivity contribution in [3.63, 3.8) is 0 Å². The highest BCUT2D eigenvalue weighted by atomic mass is 79.9. The van der Waals surface area contributed by atoms with E-state index in [1.807, 2.05) is 24.3 Å². The van der Waals surface area contributed by atoms with Crippen LogP contribution in [-0.2, 0) is 0 Å². The Morgan fingerprint density at radius 1 is 0.808 bits per heavy atom. The first-order valence-electron chi connectivity index (χ1n) is 8.61. The fraction of sp³-hybridized carbons (Fsp3) is 0.0870. The summed E-state index contributed by atoms with van der Waals surface area (Å²) < 4.78 is 1.10. The van der Waals surface area contributed by atoms with Crippen LogP contribution in [0.4, 0.5) is 11.4 Å². The smallest absolute Gasteiger partial charge is 0.0730 e. The van der Waals surface area contributed by atoms with Crippen LogP contribution >= 0.6 is 15.9 Å². The van der Waals surface area contributed by atoms with Gasteiger partial charge in [-0.25, -0.2) is 4.98 Å². The van der Waals surface area contributed by atoms with Crippen LogP contribution in [0, 0.1) is 13.8 Å². The zero-order chi connectivity index (χ0) is 18.1. The van der Waals surface area contributed by atoms with E-state index in [0.29, 0.717) is 0 Å². The monoisotopic (exact) mass is 402 g/mol. The van der Waals surface area contributed by atoms with E-state index >= 15 is 0 Å². The third-order valence-corrected chi connectivity index (χ3v) is 5.00. The molecule has 1 N–H and O–H groups in total. The van der Waals surface area contributed by atoms with Crippen molar-refractivity contribution in [2.75, 3.05) is 5.32 Å². The summed E-state index contributed by atoms with van der Waals surface area (Å²) in [6.45, 7) is 4.25. The Bertz CT molecular complexity index is 1060. The Labute approximate surface area is 162 Å². The molecule has 0 amide bonds. The number of fused-ring (bicyclic) bond motifs is 1. The van der Waals surface area contributed by atoms with Gasteiger partial charge in [0.1, 0.15) is 0 Å². The zero-order valence-corrected chi connectivity index (χ0v) is 16.3. The van der Waals surface area contributed by atoms with E-state index in [1.165, 1.54) is 11.1 Å². The second-order valence-electron chi connectivity index (χ2n) is 6.48. The minimum Gasteiger partial charge on any atom is -0.354 e. The number of aryl methyl sites for hydroxylation is 2. The van der Waals surface area contributed by atoms with E-state index in [9.17, 15) is 0 Å². The maximum Gasteiger partial charge on any atom is 0.0730 e. The summed E-state index contributed by atoms with van der Waals surface area (Å²) in [6.07, 6.45) is 0. The molecule has 3 heteroatoms. The molecule has 0 aliphatic carbocycles. The molecule has 128 valence electrons. The van der Waals surface area contributed by atoms with Gasteiger partial charge in [-0.2, -0.15) is 0 Å². The third kappa shape index (κ3) is 3.23. The highest BCUT2D eigenvalue weighted by Gasteiger charge is 2.10. The molecule has 0 bridgehead atoms. The minimum atomic E-state index is 0.971. The molecule has 3 aromatic carbocycles. The summed E-state index contributed by atoms with van der Waals surface area (Å²) in [5.41, 5.74) is 7.71. The molecule has 1 aromatic heterocycles. The molecule has 4 rings (SSSR count). The molecule has 0 atom stereocenters. The lowest BCUT2D eigenvalue weighted by Crippen LogP contribution is -1.99. The van der Waals surface area contributed by atoms with Crippen molar-refractivity contribution in [2.45, 2.75) is 13.8 Å². The van der Waals surface area contributed by atoms with E-state index in [0.717, 1.165) is 38.0 Å². The summed E-state index contributed by atoms with van der Waals surface area (Å²) in [5.74, 6) is 0. The number of benzene rings is 3. The molecule has 26 heavy (non-hydrogen) atoms. The molecule has 0 unspecified atom stereocenters. The van der Waals surface area contributed by atoms with Gasteiger partial charge in [0.2, 0.25) is 0 Å². The van der Waals surface area contributed by atoms with Crippen molar-refractivity contribution < 1.29 is 0 Å². The van der Waals surface area contributed by atoms with Crippen LogP contribution in [-0.4, -0.2) is 4.98 Å². The van der Waals surface area contributed by atoms with Gasteiger partial charge in [-0.05, 0) is 49.2 Å². The number of hydrogen-bond acceptors (Lipinski definition) is 2. The van der Waals surface area contributed by atoms with Gasteiger partial charge in [0.25, 0.3) is 0 Å². The fourth-order valence-corrected chi connectivity index (χ4v) is 3.96. The number of nitrogens with one attached hydrogen (secondary N) is 1. The minimum absolute atomic E-state index is 0.971. The van der Waals surface area contributed by atoms with Crippen molar-refractivity contribution >= 4 is 38.2 Å².